The van der Waals surface area contributed by atoms with Gasteiger partial charge in [0.05, 0.1) is 4.90 Å². The molecule has 0 unspecified atom stereocenters. The average Bonchev–Trinajstić information content (AvgIpc) is 3.32. The zero-order chi connectivity index (χ0) is 27.3. The first-order valence-electron chi connectivity index (χ1n) is 10.9. The summed E-state index contributed by atoms with van der Waals surface area (Å²) in [5, 5.41) is 7.12. The van der Waals surface area contributed by atoms with E-state index in [9.17, 15) is 35.9 Å². The van der Waals surface area contributed by atoms with Crippen molar-refractivity contribution in [1.82, 2.24) is 4.72 Å². The molecule has 37 heavy (non-hydrogen) atoms. The summed E-state index contributed by atoms with van der Waals surface area (Å²) in [5.74, 6) is -4.78. The van der Waals surface area contributed by atoms with Gasteiger partial charge in [-0.15, -0.1) is 0 Å². The van der Waals surface area contributed by atoms with Gasteiger partial charge in [-0.05, 0) is 54.2 Å². The number of carboxylic acids is 1. The van der Waals surface area contributed by atoms with Crippen molar-refractivity contribution in [1.29, 1.82) is 0 Å². The second kappa shape index (κ2) is 12.9. The van der Waals surface area contributed by atoms with E-state index in [-0.39, 0.29) is 12.3 Å². The standard InChI is InChI=1S/C20H27N2O5PS.C2HF3O2.CH4/c1-15(2)20(28(23,24)25)21-29(26,27)19-11-7-17(8-12-19)16-5-9-18(10-6-16)22-13-3-4-14-22;3-2(4,5)1(6)7;/h5-12,15,20-21H,3-4,13-14H2,1-2H3,(H2,23,24,25);(H,6,7);1H4/t20-;;/m1../s1. The molecule has 14 heteroatoms. The molecule has 3 rings (SSSR count). The number of carboxylic acid groups (broad SMARTS) is 1. The van der Waals surface area contributed by atoms with Crippen molar-refractivity contribution >= 4 is 29.3 Å². The number of hydrogen-bond donors (Lipinski definition) is 4. The quantitative estimate of drug-likeness (QED) is 0.353. The van der Waals surface area contributed by atoms with Gasteiger partial charge in [-0.1, -0.05) is 45.5 Å². The molecule has 1 aliphatic heterocycles. The number of halogens is 3. The van der Waals surface area contributed by atoms with Crippen LogP contribution in [0.15, 0.2) is 53.4 Å². The Morgan fingerprint density at radius 1 is 0.973 bits per heavy atom. The third-order valence-corrected chi connectivity index (χ3v) is 8.43. The molecule has 2 aromatic rings. The molecule has 0 spiro atoms. The Morgan fingerprint density at radius 3 is 1.73 bits per heavy atom. The molecule has 0 aliphatic carbocycles. The number of aliphatic carboxylic acids is 1. The molecule has 0 bridgehead atoms. The highest BCUT2D eigenvalue weighted by molar-refractivity contribution is 7.89. The Labute approximate surface area is 214 Å². The van der Waals surface area contributed by atoms with E-state index in [2.05, 4.69) is 21.8 Å². The van der Waals surface area contributed by atoms with E-state index in [4.69, 9.17) is 9.90 Å². The molecule has 0 saturated carbocycles. The number of anilines is 1. The van der Waals surface area contributed by atoms with Crippen LogP contribution in [-0.4, -0.2) is 54.3 Å². The Balaban J connectivity index is 0.000000754. The predicted molar refractivity (Wildman–Crippen MR) is 135 cm³/mol. The number of alkyl halides is 3. The van der Waals surface area contributed by atoms with E-state index >= 15 is 0 Å². The van der Waals surface area contributed by atoms with Crippen molar-refractivity contribution < 1.29 is 45.8 Å². The highest BCUT2D eigenvalue weighted by Crippen LogP contribution is 2.44. The molecule has 2 aromatic carbocycles. The van der Waals surface area contributed by atoms with Crippen molar-refractivity contribution in [2.24, 2.45) is 5.92 Å². The summed E-state index contributed by atoms with van der Waals surface area (Å²) in [4.78, 5) is 30.1. The summed E-state index contributed by atoms with van der Waals surface area (Å²) in [6, 6.07) is 14.4. The van der Waals surface area contributed by atoms with Crippen molar-refractivity contribution in [3.8, 4) is 11.1 Å². The van der Waals surface area contributed by atoms with Crippen LogP contribution >= 0.6 is 7.60 Å². The first kappa shape index (κ1) is 32.6. The van der Waals surface area contributed by atoms with Gasteiger partial charge in [0.15, 0.2) is 0 Å². The summed E-state index contributed by atoms with van der Waals surface area (Å²) >= 11 is 0. The maximum absolute atomic E-state index is 12.6. The number of carbonyl (C=O) groups is 1. The Bertz CT molecular complexity index is 1180. The van der Waals surface area contributed by atoms with E-state index in [0.29, 0.717) is 0 Å². The van der Waals surface area contributed by atoms with E-state index in [1.54, 1.807) is 26.0 Å². The minimum atomic E-state index is -5.08. The average molecular weight is 569 g/mol. The van der Waals surface area contributed by atoms with Crippen LogP contribution in [-0.2, 0) is 19.4 Å². The third-order valence-electron chi connectivity index (χ3n) is 5.35. The summed E-state index contributed by atoms with van der Waals surface area (Å²) in [6.07, 6.45) is -2.66. The van der Waals surface area contributed by atoms with Crippen LogP contribution in [0, 0.1) is 5.92 Å². The lowest BCUT2D eigenvalue weighted by Gasteiger charge is -2.23. The fraction of sp³-hybridized carbons (Fsp3) is 0.435. The van der Waals surface area contributed by atoms with Gasteiger partial charge in [0.25, 0.3) is 0 Å². The molecule has 0 radical (unpaired) electrons. The van der Waals surface area contributed by atoms with Crippen LogP contribution in [0.1, 0.15) is 34.1 Å². The van der Waals surface area contributed by atoms with Crippen LogP contribution in [0.5, 0.6) is 0 Å². The Hall–Kier alpha value is -2.44. The minimum absolute atomic E-state index is 0. The maximum atomic E-state index is 12.6. The van der Waals surface area contributed by atoms with Crippen LogP contribution < -0.4 is 9.62 Å². The maximum Gasteiger partial charge on any atom is 0.490 e. The van der Waals surface area contributed by atoms with Gasteiger partial charge >= 0.3 is 19.7 Å². The third kappa shape index (κ3) is 9.42. The van der Waals surface area contributed by atoms with Crippen LogP contribution in [0.2, 0.25) is 0 Å². The number of benzene rings is 2. The van der Waals surface area contributed by atoms with Gasteiger partial charge in [-0.2, -0.15) is 17.9 Å². The Morgan fingerprint density at radius 2 is 1.38 bits per heavy atom. The van der Waals surface area contributed by atoms with Crippen molar-refractivity contribution in [2.45, 2.75) is 51.0 Å². The topological polar surface area (TPSA) is 144 Å². The highest BCUT2D eigenvalue weighted by Gasteiger charge is 2.38. The first-order valence-corrected chi connectivity index (χ1v) is 14.0. The monoisotopic (exact) mass is 568 g/mol. The van der Waals surface area contributed by atoms with Crippen molar-refractivity contribution in [3.05, 3.63) is 48.5 Å². The molecule has 9 nitrogen and oxygen atoms in total. The van der Waals surface area contributed by atoms with Crippen LogP contribution in [0.3, 0.4) is 0 Å². The van der Waals surface area contributed by atoms with Crippen LogP contribution in [0.4, 0.5) is 18.9 Å². The van der Waals surface area contributed by atoms with Gasteiger partial charge < -0.3 is 19.8 Å². The summed E-state index contributed by atoms with van der Waals surface area (Å²) < 4.78 is 70.6. The van der Waals surface area contributed by atoms with E-state index in [0.717, 1.165) is 24.2 Å². The lowest BCUT2D eigenvalue weighted by molar-refractivity contribution is -0.192. The number of sulfonamides is 1. The van der Waals surface area contributed by atoms with E-state index in [1.807, 2.05) is 12.1 Å². The van der Waals surface area contributed by atoms with Gasteiger partial charge in [-0.3, -0.25) is 4.57 Å². The molecule has 1 fully saturated rings. The fourth-order valence-electron chi connectivity index (χ4n) is 3.49. The summed E-state index contributed by atoms with van der Waals surface area (Å²) in [5.41, 5.74) is 3.03. The number of rotatable bonds is 7. The fourth-order valence-corrected chi connectivity index (χ4v) is 6.45. The Kier molecular flexibility index (Phi) is 11.3. The molecule has 1 saturated heterocycles. The molecule has 4 N–H and O–H groups in total. The molecule has 208 valence electrons. The molecular formula is C23H32F3N2O7PS. The smallest absolute Gasteiger partial charge is 0.475 e. The second-order valence-electron chi connectivity index (χ2n) is 8.47. The molecule has 1 aliphatic rings. The molecule has 0 aromatic heterocycles. The van der Waals surface area contributed by atoms with Crippen LogP contribution in [0.25, 0.3) is 11.1 Å². The van der Waals surface area contributed by atoms with E-state index < -0.39 is 41.5 Å². The SMILES string of the molecule is C.CC(C)[C@H](NS(=O)(=O)c1ccc(-c2ccc(N3CCCC3)cc2)cc1)P(=O)(O)O.O=C(O)C(F)(F)F. The van der Waals surface area contributed by atoms with Gasteiger partial charge in [-0.25, -0.2) is 13.2 Å². The highest BCUT2D eigenvalue weighted by atomic mass is 32.2. The number of nitrogens with zero attached hydrogens (tertiary/aromatic N) is 1. The molecule has 1 atom stereocenters. The predicted octanol–water partition coefficient (Wildman–Crippen LogP) is 4.66. The zero-order valence-electron chi connectivity index (χ0n) is 19.5. The molecular weight excluding hydrogens is 536 g/mol. The summed E-state index contributed by atoms with van der Waals surface area (Å²) in [7, 11) is -8.67. The lowest BCUT2D eigenvalue weighted by atomic mass is 10.1. The number of nitrogens with one attached hydrogen (secondary N) is 1. The van der Waals surface area contributed by atoms with Gasteiger partial charge in [0.2, 0.25) is 10.0 Å². The largest absolute Gasteiger partial charge is 0.490 e. The minimum Gasteiger partial charge on any atom is -0.475 e. The van der Waals surface area contributed by atoms with Gasteiger partial charge in [0.1, 0.15) is 5.78 Å². The van der Waals surface area contributed by atoms with Crippen molar-refractivity contribution in [3.63, 3.8) is 0 Å². The second-order valence-corrected chi connectivity index (χ2v) is 11.9. The van der Waals surface area contributed by atoms with Gasteiger partial charge in [0, 0.05) is 18.8 Å². The normalized spacial score (nSPS) is 15.0. The number of hydrogen-bond acceptors (Lipinski definition) is 5. The van der Waals surface area contributed by atoms with E-state index in [1.165, 1.54) is 30.7 Å². The van der Waals surface area contributed by atoms with Crippen molar-refractivity contribution in [2.75, 3.05) is 18.0 Å². The molecule has 1 heterocycles. The molecule has 0 amide bonds. The summed E-state index contributed by atoms with van der Waals surface area (Å²) in [6.45, 7) is 5.26. The zero-order valence-corrected chi connectivity index (χ0v) is 21.2. The lowest BCUT2D eigenvalue weighted by Crippen LogP contribution is -2.38. The first-order chi connectivity index (χ1) is 16.5.